The number of hydrogen-bond acceptors (Lipinski definition) is 5. The molecule has 0 aliphatic carbocycles. The first-order valence-electron chi connectivity index (χ1n) is 6.52. The van der Waals surface area contributed by atoms with Gasteiger partial charge in [-0.15, -0.1) is 0 Å². The number of nitrogens with zero attached hydrogens (tertiary/aromatic N) is 1. The Labute approximate surface area is 137 Å². The number of aromatic hydroxyl groups is 1. The third-order valence-electron chi connectivity index (χ3n) is 2.90. The quantitative estimate of drug-likeness (QED) is 0.298. The Balaban J connectivity index is 2.12. The number of carbonyl (C=O) groups is 1. The van der Waals surface area contributed by atoms with Crippen LogP contribution in [0.15, 0.2) is 54.2 Å². The van der Waals surface area contributed by atoms with E-state index in [1.54, 1.807) is 36.4 Å². The van der Waals surface area contributed by atoms with Crippen LogP contribution < -0.4 is 16.4 Å². The zero-order valence-electron chi connectivity index (χ0n) is 11.9. The highest BCUT2D eigenvalue weighted by atomic mass is 35.5. The van der Waals surface area contributed by atoms with Crippen molar-refractivity contribution in [1.82, 2.24) is 0 Å². The number of para-hydroxylation sites is 2. The van der Waals surface area contributed by atoms with Crippen LogP contribution in [0.2, 0.25) is 5.02 Å². The van der Waals surface area contributed by atoms with Crippen LogP contribution in [0.5, 0.6) is 5.75 Å². The van der Waals surface area contributed by atoms with Crippen LogP contribution in [-0.2, 0) is 4.79 Å². The van der Waals surface area contributed by atoms with Gasteiger partial charge in [-0.3, -0.25) is 4.79 Å². The molecule has 23 heavy (non-hydrogen) atoms. The van der Waals surface area contributed by atoms with Crippen molar-refractivity contribution < 1.29 is 9.90 Å². The highest BCUT2D eigenvalue weighted by Crippen LogP contribution is 2.23. The Kier molecular flexibility index (Phi) is 5.07. The maximum atomic E-state index is 12.0. The smallest absolute Gasteiger partial charge is 0.267 e. The second-order valence-corrected chi connectivity index (χ2v) is 4.93. The fourth-order valence-electron chi connectivity index (χ4n) is 1.69. The average Bonchev–Trinajstić information content (AvgIpc) is 2.53. The molecule has 0 saturated carbocycles. The number of benzene rings is 2. The maximum absolute atomic E-state index is 12.0. The Morgan fingerprint density at radius 2 is 2.04 bits per heavy atom. The van der Waals surface area contributed by atoms with Crippen molar-refractivity contribution in [3.05, 3.63) is 59.3 Å². The van der Waals surface area contributed by atoms with Gasteiger partial charge in [0.25, 0.3) is 5.91 Å². The molecule has 0 atom stereocenters. The van der Waals surface area contributed by atoms with Crippen LogP contribution >= 0.6 is 11.6 Å². The highest BCUT2D eigenvalue weighted by molar-refractivity contribution is 6.33. The Morgan fingerprint density at radius 1 is 1.30 bits per heavy atom. The van der Waals surface area contributed by atoms with Crippen molar-refractivity contribution >= 4 is 34.6 Å². The summed E-state index contributed by atoms with van der Waals surface area (Å²) < 4.78 is 0. The molecule has 116 valence electrons. The molecule has 0 aromatic heterocycles. The van der Waals surface area contributed by atoms with Gasteiger partial charge >= 0.3 is 0 Å². The van der Waals surface area contributed by atoms with Crippen LogP contribution in [0.4, 0.5) is 17.1 Å². The summed E-state index contributed by atoms with van der Waals surface area (Å²) in [4.78, 5) is 12.0. The number of anilines is 3. The van der Waals surface area contributed by atoms with Crippen molar-refractivity contribution in [2.75, 3.05) is 16.4 Å². The molecule has 2 aromatic rings. The lowest BCUT2D eigenvalue weighted by Gasteiger charge is -2.07. The number of phenolic OH excluding ortho intramolecular Hbond substituents is 1. The fraction of sp³-hybridized carbons (Fsp3) is 0. The number of halogens is 1. The van der Waals surface area contributed by atoms with Gasteiger partial charge in [0.05, 0.1) is 16.4 Å². The lowest BCUT2D eigenvalue weighted by atomic mass is 10.2. The van der Waals surface area contributed by atoms with Crippen LogP contribution in [0, 0.1) is 11.3 Å². The van der Waals surface area contributed by atoms with E-state index in [1.807, 2.05) is 0 Å². The van der Waals surface area contributed by atoms with Crippen LogP contribution in [0.25, 0.3) is 0 Å². The second kappa shape index (κ2) is 7.20. The standard InChI is InChI=1S/C16H13ClN4O2/c17-12-7-11(5-6-13(12)19)20-9-10(8-18)16(23)21-14-3-1-2-4-15(14)22/h1-7,9,20,22H,19H2,(H,21,23)/b10-9-. The minimum atomic E-state index is -0.650. The highest BCUT2D eigenvalue weighted by Gasteiger charge is 2.11. The third-order valence-corrected chi connectivity index (χ3v) is 3.23. The summed E-state index contributed by atoms with van der Waals surface area (Å²) in [6.07, 6.45) is 1.25. The van der Waals surface area contributed by atoms with E-state index in [0.717, 1.165) is 0 Å². The van der Waals surface area contributed by atoms with E-state index in [9.17, 15) is 9.90 Å². The van der Waals surface area contributed by atoms with E-state index in [0.29, 0.717) is 16.4 Å². The summed E-state index contributed by atoms with van der Waals surface area (Å²) in [6.45, 7) is 0. The van der Waals surface area contributed by atoms with Crippen LogP contribution in [-0.4, -0.2) is 11.0 Å². The molecule has 2 rings (SSSR count). The number of carbonyl (C=O) groups excluding carboxylic acids is 1. The van der Waals surface area contributed by atoms with E-state index in [2.05, 4.69) is 10.6 Å². The molecule has 1 amide bonds. The fourth-order valence-corrected chi connectivity index (χ4v) is 1.87. The third kappa shape index (κ3) is 4.15. The minimum Gasteiger partial charge on any atom is -0.506 e. The number of amides is 1. The van der Waals surface area contributed by atoms with Gasteiger partial charge in [0.2, 0.25) is 0 Å². The number of phenols is 1. The van der Waals surface area contributed by atoms with Crippen molar-refractivity contribution in [3.63, 3.8) is 0 Å². The molecule has 0 aliphatic heterocycles. The molecule has 5 N–H and O–H groups in total. The first kappa shape index (κ1) is 16.2. The molecule has 0 fully saturated rings. The van der Waals surface area contributed by atoms with Crippen LogP contribution in [0.1, 0.15) is 0 Å². The summed E-state index contributed by atoms with van der Waals surface area (Å²) in [5, 5.41) is 24.3. The minimum absolute atomic E-state index is 0.0867. The molecule has 0 unspecified atom stereocenters. The summed E-state index contributed by atoms with van der Waals surface area (Å²) in [6, 6.07) is 12.9. The number of hydrogen-bond donors (Lipinski definition) is 4. The number of nitrogens with one attached hydrogen (secondary N) is 2. The largest absolute Gasteiger partial charge is 0.506 e. The molecule has 7 heteroatoms. The Bertz CT molecular complexity index is 812. The lowest BCUT2D eigenvalue weighted by molar-refractivity contribution is -0.112. The molecule has 0 bridgehead atoms. The van der Waals surface area contributed by atoms with Crippen molar-refractivity contribution in [1.29, 1.82) is 5.26 Å². The summed E-state index contributed by atoms with van der Waals surface area (Å²) in [7, 11) is 0. The normalized spacial score (nSPS) is 10.7. The van der Waals surface area contributed by atoms with Gasteiger partial charge in [0.1, 0.15) is 17.4 Å². The number of nitriles is 1. The van der Waals surface area contributed by atoms with E-state index >= 15 is 0 Å². The molecule has 6 nitrogen and oxygen atoms in total. The van der Waals surface area contributed by atoms with Gasteiger partial charge in [-0.05, 0) is 30.3 Å². The number of nitrogen functional groups attached to an aromatic ring is 1. The number of nitrogens with two attached hydrogens (primary N) is 1. The predicted octanol–water partition coefficient (Wildman–Crippen LogP) is 3.09. The van der Waals surface area contributed by atoms with E-state index in [1.165, 1.54) is 18.3 Å². The first-order valence-corrected chi connectivity index (χ1v) is 6.90. The maximum Gasteiger partial charge on any atom is 0.267 e. The Hall–Kier alpha value is -3.17. The van der Waals surface area contributed by atoms with Gasteiger partial charge < -0.3 is 21.5 Å². The van der Waals surface area contributed by atoms with Gasteiger partial charge in [0.15, 0.2) is 0 Å². The molecule has 0 radical (unpaired) electrons. The summed E-state index contributed by atoms with van der Waals surface area (Å²) in [5.41, 5.74) is 6.66. The van der Waals surface area contributed by atoms with Gasteiger partial charge in [-0.2, -0.15) is 5.26 Å². The molecular formula is C16H13ClN4O2. The first-order chi connectivity index (χ1) is 11.0. The van der Waals surface area contributed by atoms with E-state index in [4.69, 9.17) is 22.6 Å². The molecule has 0 heterocycles. The molecule has 0 aliphatic rings. The van der Waals surface area contributed by atoms with Gasteiger partial charge in [-0.25, -0.2) is 0 Å². The van der Waals surface area contributed by atoms with E-state index in [-0.39, 0.29) is 17.0 Å². The number of rotatable bonds is 4. The molecular weight excluding hydrogens is 316 g/mol. The van der Waals surface area contributed by atoms with Crippen LogP contribution in [0.3, 0.4) is 0 Å². The monoisotopic (exact) mass is 328 g/mol. The predicted molar refractivity (Wildman–Crippen MR) is 89.9 cm³/mol. The van der Waals surface area contributed by atoms with Gasteiger partial charge in [-0.1, -0.05) is 23.7 Å². The van der Waals surface area contributed by atoms with Crippen molar-refractivity contribution in [2.24, 2.45) is 0 Å². The van der Waals surface area contributed by atoms with Gasteiger partial charge in [0, 0.05) is 11.9 Å². The molecule has 0 saturated heterocycles. The zero-order valence-corrected chi connectivity index (χ0v) is 12.6. The lowest BCUT2D eigenvalue weighted by Crippen LogP contribution is -2.14. The SMILES string of the molecule is N#C/C(=C/Nc1ccc(N)c(Cl)c1)C(=O)Nc1ccccc1O. The average molecular weight is 329 g/mol. The Morgan fingerprint density at radius 3 is 2.70 bits per heavy atom. The second-order valence-electron chi connectivity index (χ2n) is 4.52. The topological polar surface area (TPSA) is 111 Å². The van der Waals surface area contributed by atoms with Crippen molar-refractivity contribution in [2.45, 2.75) is 0 Å². The zero-order chi connectivity index (χ0) is 16.8. The summed E-state index contributed by atoms with van der Waals surface area (Å²) >= 11 is 5.89. The summed E-state index contributed by atoms with van der Waals surface area (Å²) in [5.74, 6) is -0.737. The van der Waals surface area contributed by atoms with E-state index < -0.39 is 5.91 Å². The van der Waals surface area contributed by atoms with Crippen molar-refractivity contribution in [3.8, 4) is 11.8 Å². The molecule has 2 aromatic carbocycles. The molecule has 0 spiro atoms.